The fraction of sp³-hybridized carbons (Fsp3) is 0.714. The molecule has 0 radical (unpaired) electrons. The molecule has 1 aromatic rings. The summed E-state index contributed by atoms with van der Waals surface area (Å²) in [5.41, 5.74) is -0.278. The van der Waals surface area contributed by atoms with Crippen molar-refractivity contribution < 1.29 is 0 Å². The van der Waals surface area contributed by atoms with E-state index in [0.29, 0.717) is 11.7 Å². The molecule has 1 atom stereocenters. The molecule has 0 amide bonds. The first-order valence-corrected chi connectivity index (χ1v) is 6.62. The highest BCUT2D eigenvalue weighted by Gasteiger charge is 2.18. The number of anilines is 1. The van der Waals surface area contributed by atoms with Gasteiger partial charge in [0.15, 0.2) is 5.82 Å². The molecule has 0 aliphatic heterocycles. The minimum Gasteiger partial charge on any atom is -0.362 e. The average Bonchev–Trinajstić information content (AvgIpc) is 2.25. The van der Waals surface area contributed by atoms with Gasteiger partial charge in [-0.25, -0.2) is 4.98 Å². The van der Waals surface area contributed by atoms with E-state index in [0.717, 1.165) is 6.42 Å². The smallest absolute Gasteiger partial charge is 0.293 e. The van der Waals surface area contributed by atoms with E-state index in [1.807, 2.05) is 20.8 Å². The number of aromatic nitrogens is 2. The van der Waals surface area contributed by atoms with Gasteiger partial charge in [-0.1, -0.05) is 20.8 Å². The third-order valence-electron chi connectivity index (χ3n) is 3.13. The summed E-state index contributed by atoms with van der Waals surface area (Å²) < 4.78 is 1.72. The molecule has 0 aliphatic carbocycles. The van der Waals surface area contributed by atoms with Gasteiger partial charge in [0.1, 0.15) is 0 Å². The molecule has 0 aliphatic rings. The Labute approximate surface area is 109 Å². The van der Waals surface area contributed by atoms with Crippen LogP contribution in [0.1, 0.15) is 48.0 Å². The molecule has 4 nitrogen and oxygen atoms in total. The second-order valence-corrected chi connectivity index (χ2v) is 6.02. The van der Waals surface area contributed by atoms with Crippen LogP contribution in [0.3, 0.4) is 0 Å². The van der Waals surface area contributed by atoms with Crippen LogP contribution < -0.4 is 10.9 Å². The Morgan fingerprint density at radius 3 is 2.44 bits per heavy atom. The first-order valence-electron chi connectivity index (χ1n) is 6.62. The number of nitrogens with zero attached hydrogens (tertiary/aromatic N) is 2. The van der Waals surface area contributed by atoms with Crippen molar-refractivity contribution in [3.63, 3.8) is 0 Å². The highest BCUT2D eigenvalue weighted by atomic mass is 16.1. The minimum atomic E-state index is -0.226. The van der Waals surface area contributed by atoms with Crippen molar-refractivity contribution in [2.24, 2.45) is 5.92 Å². The molecule has 0 spiro atoms. The lowest BCUT2D eigenvalue weighted by Crippen LogP contribution is -2.37. The maximum atomic E-state index is 12.3. The highest BCUT2D eigenvalue weighted by Crippen LogP contribution is 2.13. The van der Waals surface area contributed by atoms with E-state index in [9.17, 15) is 4.79 Å². The Balaban J connectivity index is 3.09. The molecular weight excluding hydrogens is 226 g/mol. The van der Waals surface area contributed by atoms with Crippen molar-refractivity contribution in [3.05, 3.63) is 22.7 Å². The molecule has 0 bridgehead atoms. The monoisotopic (exact) mass is 251 g/mol. The van der Waals surface area contributed by atoms with Gasteiger partial charge in [-0.3, -0.25) is 4.79 Å². The van der Waals surface area contributed by atoms with Gasteiger partial charge < -0.3 is 9.88 Å². The van der Waals surface area contributed by atoms with E-state index in [1.54, 1.807) is 17.0 Å². The molecule has 18 heavy (non-hydrogen) atoms. The molecular formula is C14H25N3O. The van der Waals surface area contributed by atoms with Crippen LogP contribution >= 0.6 is 0 Å². The van der Waals surface area contributed by atoms with Crippen LogP contribution in [0.2, 0.25) is 0 Å². The molecule has 0 aromatic carbocycles. The van der Waals surface area contributed by atoms with Gasteiger partial charge in [0.25, 0.3) is 5.56 Å². The van der Waals surface area contributed by atoms with Gasteiger partial charge in [-0.05, 0) is 33.1 Å². The van der Waals surface area contributed by atoms with Crippen LogP contribution in [0.4, 0.5) is 5.82 Å². The molecule has 1 heterocycles. The fourth-order valence-corrected chi connectivity index (χ4v) is 1.95. The molecule has 0 fully saturated rings. The van der Waals surface area contributed by atoms with E-state index in [-0.39, 0.29) is 17.1 Å². The van der Waals surface area contributed by atoms with Gasteiger partial charge in [-0.15, -0.1) is 0 Å². The minimum absolute atomic E-state index is 0.0518. The standard InChI is InChI=1S/C14H25N3O/c1-7-11(10(2)3)16-12-13(18)17(9-8-15-12)14(4,5)6/h8-11H,7H2,1-6H3,(H,15,16). The van der Waals surface area contributed by atoms with Crippen LogP contribution in [0.5, 0.6) is 0 Å². The summed E-state index contributed by atoms with van der Waals surface area (Å²) in [6.45, 7) is 12.4. The predicted octanol–water partition coefficient (Wildman–Crippen LogP) is 2.84. The molecule has 4 heteroatoms. The summed E-state index contributed by atoms with van der Waals surface area (Å²) in [5, 5.41) is 3.26. The fourth-order valence-electron chi connectivity index (χ4n) is 1.95. The number of hydrogen-bond donors (Lipinski definition) is 1. The second kappa shape index (κ2) is 5.55. The van der Waals surface area contributed by atoms with Crippen LogP contribution in [-0.4, -0.2) is 15.6 Å². The predicted molar refractivity (Wildman–Crippen MR) is 76.0 cm³/mol. The first kappa shape index (κ1) is 14.7. The highest BCUT2D eigenvalue weighted by molar-refractivity contribution is 5.32. The van der Waals surface area contributed by atoms with Crippen LogP contribution in [0, 0.1) is 5.92 Å². The Bertz CT molecular complexity index is 443. The Morgan fingerprint density at radius 1 is 1.39 bits per heavy atom. The summed E-state index contributed by atoms with van der Waals surface area (Å²) in [4.78, 5) is 16.5. The summed E-state index contributed by atoms with van der Waals surface area (Å²) in [6, 6.07) is 0.279. The van der Waals surface area contributed by atoms with Gasteiger partial charge in [0, 0.05) is 24.0 Å². The zero-order valence-electron chi connectivity index (χ0n) is 12.3. The topological polar surface area (TPSA) is 46.9 Å². The van der Waals surface area contributed by atoms with Crippen molar-refractivity contribution in [2.75, 3.05) is 5.32 Å². The summed E-state index contributed by atoms with van der Waals surface area (Å²) in [6.07, 6.45) is 4.40. The van der Waals surface area contributed by atoms with Crippen molar-refractivity contribution >= 4 is 5.82 Å². The Hall–Kier alpha value is -1.32. The lowest BCUT2D eigenvalue weighted by atomic mass is 10.0. The molecule has 1 N–H and O–H groups in total. The Kier molecular flexibility index (Phi) is 4.54. The zero-order valence-corrected chi connectivity index (χ0v) is 12.3. The maximum Gasteiger partial charge on any atom is 0.293 e. The van der Waals surface area contributed by atoms with E-state index < -0.39 is 0 Å². The van der Waals surface area contributed by atoms with E-state index in [1.165, 1.54) is 0 Å². The number of rotatable bonds is 4. The zero-order chi connectivity index (χ0) is 13.9. The van der Waals surface area contributed by atoms with E-state index in [4.69, 9.17) is 0 Å². The van der Waals surface area contributed by atoms with Gasteiger partial charge >= 0.3 is 0 Å². The van der Waals surface area contributed by atoms with Crippen LogP contribution in [-0.2, 0) is 5.54 Å². The molecule has 0 saturated carbocycles. The van der Waals surface area contributed by atoms with Crippen LogP contribution in [0.15, 0.2) is 17.2 Å². The van der Waals surface area contributed by atoms with Gasteiger partial charge in [-0.2, -0.15) is 0 Å². The molecule has 1 unspecified atom stereocenters. The molecule has 1 aromatic heterocycles. The summed E-state index contributed by atoms with van der Waals surface area (Å²) in [7, 11) is 0. The van der Waals surface area contributed by atoms with Crippen molar-refractivity contribution in [1.82, 2.24) is 9.55 Å². The second-order valence-electron chi connectivity index (χ2n) is 6.02. The number of nitrogens with one attached hydrogen (secondary N) is 1. The van der Waals surface area contributed by atoms with Crippen LogP contribution in [0.25, 0.3) is 0 Å². The largest absolute Gasteiger partial charge is 0.362 e. The normalized spacial score (nSPS) is 13.7. The molecule has 102 valence electrons. The SMILES string of the molecule is CCC(Nc1nccn(C(C)(C)C)c1=O)C(C)C. The third kappa shape index (κ3) is 3.34. The quantitative estimate of drug-likeness (QED) is 0.895. The van der Waals surface area contributed by atoms with Crippen molar-refractivity contribution in [2.45, 2.75) is 59.5 Å². The van der Waals surface area contributed by atoms with Crippen molar-refractivity contribution in [1.29, 1.82) is 0 Å². The van der Waals surface area contributed by atoms with Gasteiger partial charge in [0.05, 0.1) is 0 Å². The summed E-state index contributed by atoms with van der Waals surface area (Å²) in [5.74, 6) is 0.924. The van der Waals surface area contributed by atoms with Crippen molar-refractivity contribution in [3.8, 4) is 0 Å². The number of hydrogen-bond acceptors (Lipinski definition) is 3. The molecule has 1 rings (SSSR count). The lowest BCUT2D eigenvalue weighted by Gasteiger charge is -2.25. The molecule has 0 saturated heterocycles. The third-order valence-corrected chi connectivity index (χ3v) is 3.13. The van der Waals surface area contributed by atoms with E-state index in [2.05, 4.69) is 31.1 Å². The van der Waals surface area contributed by atoms with Gasteiger partial charge in [0.2, 0.25) is 0 Å². The Morgan fingerprint density at radius 2 is 2.00 bits per heavy atom. The lowest BCUT2D eigenvalue weighted by molar-refractivity contribution is 0.382. The van der Waals surface area contributed by atoms with E-state index >= 15 is 0 Å². The first-order chi connectivity index (χ1) is 8.27. The summed E-state index contributed by atoms with van der Waals surface area (Å²) >= 11 is 0. The average molecular weight is 251 g/mol. The maximum absolute atomic E-state index is 12.3.